The largest absolute Gasteiger partial charge is 0.456 e. The smallest absolute Gasteiger partial charge is 0.164 e. The summed E-state index contributed by atoms with van der Waals surface area (Å²) < 4.78 is 31.8. The fraction of sp³-hybridized carbons (Fsp3) is 0. The first-order valence-corrected chi connectivity index (χ1v) is 43.7. The molecule has 18 aromatic carbocycles. The third-order valence-electron chi connectivity index (χ3n) is 25.5. The summed E-state index contributed by atoms with van der Waals surface area (Å²) in [6, 6.07) is 141. The molecule has 10 heterocycles. The van der Waals surface area contributed by atoms with Gasteiger partial charge in [-0.2, -0.15) is 0 Å². The van der Waals surface area contributed by atoms with Gasteiger partial charge in [-0.15, -0.1) is 11.3 Å². The minimum atomic E-state index is 0.600. The lowest BCUT2D eigenvalue weighted by Gasteiger charge is -2.11. The molecule has 0 atom stereocenters. The number of fused-ring (bicyclic) bond motifs is 26. The normalized spacial score (nSPS) is 12.1. The SMILES string of the molecule is c1ccc(-c2nc(-c3ccccc3)nc(-c3ccc4oc5ccc(-n6c7ccccc7c7cc(-n8c9ccccc9c9ccc%10c%11ccccc%11oc%10c98)ccc76)cc5c4c3)n2)cc1.c1ccc(-c2nc(-c3ccccc3)nc(-c3ccc4sc5ccc(-n6c7ccccc7c7cc(-n8c9ccccc9c9ccc%10c%11ccccc%11oc%10c98)ccc76)cc5c4c3)n2)cc1. The molecule has 0 radical (unpaired) electrons. The summed E-state index contributed by atoms with van der Waals surface area (Å²) in [5.74, 6) is 3.80. The fourth-order valence-electron chi connectivity index (χ4n) is 19.7. The van der Waals surface area contributed by atoms with Gasteiger partial charge in [-0.25, -0.2) is 29.9 Å². The van der Waals surface area contributed by atoms with Gasteiger partial charge in [0.25, 0.3) is 0 Å². The van der Waals surface area contributed by atoms with Gasteiger partial charge < -0.3 is 31.5 Å². The summed E-state index contributed by atoms with van der Waals surface area (Å²) in [5.41, 5.74) is 24.1. The van der Waals surface area contributed by atoms with Crippen molar-refractivity contribution in [3.8, 4) is 91.1 Å². The Kier molecular flexibility index (Phi) is 15.7. The van der Waals surface area contributed by atoms with Crippen LogP contribution in [0.3, 0.4) is 0 Å². The number of hydrogen-bond donors (Lipinski definition) is 0. The van der Waals surface area contributed by atoms with Crippen LogP contribution in [-0.4, -0.2) is 48.2 Å². The first-order chi connectivity index (χ1) is 63.4. The van der Waals surface area contributed by atoms with E-state index in [9.17, 15) is 0 Å². The van der Waals surface area contributed by atoms with E-state index >= 15 is 0 Å². The third-order valence-corrected chi connectivity index (χ3v) is 26.7. The van der Waals surface area contributed by atoms with Crippen LogP contribution in [0.4, 0.5) is 0 Å². The zero-order valence-corrected chi connectivity index (χ0v) is 69.0. The van der Waals surface area contributed by atoms with E-state index in [4.69, 9.17) is 43.2 Å². The predicted octanol–water partition coefficient (Wildman–Crippen LogP) is 30.2. The first kappa shape index (κ1) is 71.4. The van der Waals surface area contributed by atoms with Crippen molar-refractivity contribution in [3.63, 3.8) is 0 Å². The molecule has 14 heteroatoms. The van der Waals surface area contributed by atoms with E-state index in [2.05, 4.69) is 273 Å². The molecule has 0 unspecified atom stereocenters. The standard InChI is InChI=1S/C57H33N5O2.C57H33N5OS/c1-3-13-34(14-4-1)55-58-56(35-15-5-2-6-16-35)60-57(59-55)36-23-29-51-45(31-36)46-33-37(25-30-52(46)63-51)61-47-20-10-8-18-40(47)44-32-38(24-28-49(44)61)62-48-21-11-7-17-39(48)42-26-27-43-41-19-9-12-22-50(41)64-54(43)53(42)62;1-3-13-34(14-4-1)55-58-56(35-15-5-2-6-16-35)60-57(59-55)36-23-29-51-45(31-36)46-33-37(25-30-52(46)64-51)61-47-20-10-8-18-40(47)44-32-38(24-28-49(44)61)62-48-21-11-7-17-39(48)42-26-27-43-41-19-9-12-22-50(41)63-54(43)53(42)62/h2*1-33H. The summed E-state index contributed by atoms with van der Waals surface area (Å²) in [6.45, 7) is 0. The van der Waals surface area contributed by atoms with Crippen LogP contribution >= 0.6 is 11.3 Å². The second-order valence-corrected chi connectivity index (χ2v) is 33.8. The van der Waals surface area contributed by atoms with Crippen LogP contribution in [0, 0.1) is 0 Å². The molecule has 0 saturated heterocycles. The summed E-state index contributed by atoms with van der Waals surface area (Å²) in [7, 11) is 0. The lowest BCUT2D eigenvalue weighted by molar-refractivity contribution is 0.669. The van der Waals surface area contributed by atoms with Gasteiger partial charge in [-0.3, -0.25) is 0 Å². The van der Waals surface area contributed by atoms with Crippen molar-refractivity contribution in [1.29, 1.82) is 0 Å². The molecule has 0 saturated carbocycles. The maximum atomic E-state index is 6.68. The maximum Gasteiger partial charge on any atom is 0.164 e. The fourth-order valence-corrected chi connectivity index (χ4v) is 20.8. The summed E-state index contributed by atoms with van der Waals surface area (Å²) >= 11 is 1.81. The van der Waals surface area contributed by atoms with Gasteiger partial charge in [0.15, 0.2) is 46.1 Å². The highest BCUT2D eigenvalue weighted by molar-refractivity contribution is 7.25. The molecule has 596 valence electrons. The molecule has 28 aromatic rings. The molecule has 0 aliphatic rings. The highest BCUT2D eigenvalue weighted by atomic mass is 32.1. The lowest BCUT2D eigenvalue weighted by atomic mass is 10.1. The second-order valence-electron chi connectivity index (χ2n) is 32.7. The van der Waals surface area contributed by atoms with E-state index in [1.165, 1.54) is 52.5 Å². The molecule has 13 nitrogen and oxygen atoms in total. The Bertz CT molecular complexity index is 8830. The Labute approximate surface area is 732 Å². The van der Waals surface area contributed by atoms with E-state index in [-0.39, 0.29) is 0 Å². The number of furan rings is 3. The number of para-hydroxylation sites is 6. The minimum absolute atomic E-state index is 0.600. The van der Waals surface area contributed by atoms with Gasteiger partial charge >= 0.3 is 0 Å². The summed E-state index contributed by atoms with van der Waals surface area (Å²) in [6.07, 6.45) is 0. The molecular formula is C114H66N10O3S. The van der Waals surface area contributed by atoms with Crippen molar-refractivity contribution >= 4 is 185 Å². The number of hydrogen-bond acceptors (Lipinski definition) is 10. The van der Waals surface area contributed by atoms with E-state index in [1.54, 1.807) is 0 Å². The molecule has 0 fully saturated rings. The number of nitrogens with zero attached hydrogens (tertiary/aromatic N) is 10. The third kappa shape index (κ3) is 11.1. The number of rotatable bonds is 10. The zero-order valence-electron chi connectivity index (χ0n) is 68.2. The molecule has 0 N–H and O–H groups in total. The molecule has 0 spiro atoms. The van der Waals surface area contributed by atoms with Gasteiger partial charge in [-0.1, -0.05) is 243 Å². The Hall–Kier alpha value is -17.2. The highest BCUT2D eigenvalue weighted by Gasteiger charge is 2.26. The predicted molar refractivity (Wildman–Crippen MR) is 524 cm³/mol. The van der Waals surface area contributed by atoms with E-state index in [0.717, 1.165) is 177 Å². The number of benzene rings is 18. The molecule has 0 aliphatic carbocycles. The molecule has 28 rings (SSSR count). The molecule has 128 heavy (non-hydrogen) atoms. The van der Waals surface area contributed by atoms with Crippen LogP contribution in [0.25, 0.3) is 264 Å². The maximum absolute atomic E-state index is 6.68. The van der Waals surface area contributed by atoms with E-state index in [1.807, 2.05) is 157 Å². The quantitative estimate of drug-likeness (QED) is 0.131. The van der Waals surface area contributed by atoms with Crippen molar-refractivity contribution in [2.24, 2.45) is 0 Å². The van der Waals surface area contributed by atoms with E-state index in [0.29, 0.717) is 34.9 Å². The highest BCUT2D eigenvalue weighted by Crippen LogP contribution is 2.47. The summed E-state index contributed by atoms with van der Waals surface area (Å²) in [4.78, 5) is 30.0. The Balaban J connectivity index is 0.000000132. The van der Waals surface area contributed by atoms with Crippen LogP contribution in [-0.2, 0) is 0 Å². The number of aromatic nitrogens is 10. The monoisotopic (exact) mass is 1650 g/mol. The number of thiophene rings is 1. The second kappa shape index (κ2) is 28.2. The van der Waals surface area contributed by atoms with Crippen molar-refractivity contribution in [2.45, 2.75) is 0 Å². The summed E-state index contributed by atoms with van der Waals surface area (Å²) in [5, 5.41) is 18.3. The van der Waals surface area contributed by atoms with Gasteiger partial charge in [-0.05, 0) is 158 Å². The molecular weight excluding hydrogens is 1590 g/mol. The van der Waals surface area contributed by atoms with Crippen LogP contribution in [0.1, 0.15) is 0 Å². The Morgan fingerprint density at radius 1 is 0.172 bits per heavy atom. The zero-order chi connectivity index (χ0) is 83.8. The molecule has 0 amide bonds. The van der Waals surface area contributed by atoms with Crippen molar-refractivity contribution in [3.05, 3.63) is 400 Å². The average Bonchev–Trinajstić information content (AvgIpc) is 1.55. The van der Waals surface area contributed by atoms with Gasteiger partial charge in [0.2, 0.25) is 0 Å². The van der Waals surface area contributed by atoms with Crippen LogP contribution in [0.15, 0.2) is 414 Å². The van der Waals surface area contributed by atoms with E-state index < -0.39 is 0 Å². The first-order valence-electron chi connectivity index (χ1n) is 42.9. The van der Waals surface area contributed by atoms with Crippen LogP contribution in [0.5, 0.6) is 0 Å². The van der Waals surface area contributed by atoms with Crippen molar-refractivity contribution in [2.75, 3.05) is 0 Å². The van der Waals surface area contributed by atoms with Gasteiger partial charge in [0.1, 0.15) is 22.3 Å². The van der Waals surface area contributed by atoms with Crippen molar-refractivity contribution < 1.29 is 13.3 Å². The Morgan fingerprint density at radius 2 is 0.453 bits per heavy atom. The van der Waals surface area contributed by atoms with Crippen LogP contribution < -0.4 is 0 Å². The average molecular weight is 1660 g/mol. The molecule has 10 aromatic heterocycles. The Morgan fingerprint density at radius 3 is 0.898 bits per heavy atom. The van der Waals surface area contributed by atoms with Crippen LogP contribution in [0.2, 0.25) is 0 Å². The minimum Gasteiger partial charge on any atom is -0.456 e. The van der Waals surface area contributed by atoms with Gasteiger partial charge in [0.05, 0.1) is 44.1 Å². The molecule has 0 bridgehead atoms. The molecule has 0 aliphatic heterocycles. The lowest BCUT2D eigenvalue weighted by Crippen LogP contribution is -2.00. The van der Waals surface area contributed by atoms with Gasteiger partial charge in [0, 0.05) is 152 Å². The van der Waals surface area contributed by atoms with Crippen molar-refractivity contribution in [1.82, 2.24) is 48.2 Å². The topological polar surface area (TPSA) is 136 Å².